The van der Waals surface area contributed by atoms with Crippen molar-refractivity contribution in [1.29, 1.82) is 5.26 Å². The number of pyridine rings is 1. The summed E-state index contributed by atoms with van der Waals surface area (Å²) in [5.74, 6) is 1.25. The summed E-state index contributed by atoms with van der Waals surface area (Å²) in [5.41, 5.74) is 1.19. The Balaban J connectivity index is 1.76. The van der Waals surface area contributed by atoms with Crippen molar-refractivity contribution < 1.29 is 14.0 Å². The third-order valence-corrected chi connectivity index (χ3v) is 5.84. The van der Waals surface area contributed by atoms with Crippen molar-refractivity contribution in [2.75, 3.05) is 0 Å². The second kappa shape index (κ2) is 5.73. The Morgan fingerprint density at radius 3 is 2.54 bits per heavy atom. The average molecular weight is 353 g/mol. The van der Waals surface area contributed by atoms with E-state index in [9.17, 15) is 5.26 Å². The first-order chi connectivity index (χ1) is 12.2. The first-order valence-electron chi connectivity index (χ1n) is 9.15. The van der Waals surface area contributed by atoms with Crippen LogP contribution < -0.4 is 10.2 Å². The van der Waals surface area contributed by atoms with Crippen LogP contribution in [0.25, 0.3) is 5.52 Å². The van der Waals surface area contributed by atoms with Crippen LogP contribution in [0.1, 0.15) is 53.0 Å². The van der Waals surface area contributed by atoms with E-state index in [1.54, 1.807) is 10.7 Å². The number of fused-ring (bicyclic) bond motifs is 1. The lowest BCUT2D eigenvalue weighted by Crippen LogP contribution is -2.41. The molecule has 136 valence electrons. The molecule has 1 saturated carbocycles. The van der Waals surface area contributed by atoms with Crippen LogP contribution in [0.2, 0.25) is 0 Å². The van der Waals surface area contributed by atoms with Crippen molar-refractivity contribution in [3.05, 3.63) is 24.0 Å². The molecule has 1 saturated heterocycles. The molecule has 1 atom stereocenters. The minimum atomic E-state index is -0.502. The molecule has 4 rings (SSSR count). The largest absolute Gasteiger partial charge is 0.496 e. The number of rotatable bonds is 4. The summed E-state index contributed by atoms with van der Waals surface area (Å²) in [6, 6.07) is 4.13. The van der Waals surface area contributed by atoms with Gasteiger partial charge in [0.2, 0.25) is 0 Å². The molecule has 7 heteroatoms. The fourth-order valence-corrected chi connectivity index (χ4v) is 3.25. The van der Waals surface area contributed by atoms with E-state index in [0.29, 0.717) is 22.7 Å². The summed E-state index contributed by atoms with van der Waals surface area (Å²) >= 11 is 0. The van der Waals surface area contributed by atoms with Gasteiger partial charge < -0.3 is 14.0 Å². The second-order valence-electron chi connectivity index (χ2n) is 8.35. The van der Waals surface area contributed by atoms with Gasteiger partial charge >= 0.3 is 7.12 Å². The van der Waals surface area contributed by atoms with Gasteiger partial charge in [0.1, 0.15) is 22.9 Å². The summed E-state index contributed by atoms with van der Waals surface area (Å²) < 4.78 is 20.3. The molecule has 0 aromatic carbocycles. The standard InChI is InChI=1S/C19H24BN3O3/c1-12(13-6-7-13)24-16-8-15(11-23-17(16)14(9-21)10-22-23)20-25-18(2,3)19(4,5)26-20/h8,10-13H,6-7H2,1-5H3/t12-/m1/s1. The molecule has 3 heterocycles. The van der Waals surface area contributed by atoms with Crippen molar-refractivity contribution in [3.63, 3.8) is 0 Å². The molecule has 0 N–H and O–H groups in total. The van der Waals surface area contributed by atoms with E-state index >= 15 is 0 Å². The highest BCUT2D eigenvalue weighted by atomic mass is 16.7. The first-order valence-corrected chi connectivity index (χ1v) is 9.15. The van der Waals surface area contributed by atoms with Gasteiger partial charge in [-0.1, -0.05) is 0 Å². The van der Waals surface area contributed by atoms with E-state index in [1.165, 1.54) is 12.8 Å². The molecule has 26 heavy (non-hydrogen) atoms. The Morgan fingerprint density at radius 1 is 1.31 bits per heavy atom. The number of hydrogen-bond donors (Lipinski definition) is 0. The van der Waals surface area contributed by atoms with Crippen LogP contribution in [-0.2, 0) is 9.31 Å². The van der Waals surface area contributed by atoms with Gasteiger partial charge in [-0.15, -0.1) is 0 Å². The number of ether oxygens (including phenoxy) is 1. The molecule has 2 aliphatic rings. The highest BCUT2D eigenvalue weighted by Gasteiger charge is 2.52. The quantitative estimate of drug-likeness (QED) is 0.791. The third kappa shape index (κ3) is 2.78. The van der Waals surface area contributed by atoms with E-state index in [0.717, 1.165) is 5.46 Å². The maximum Gasteiger partial charge on any atom is 0.496 e. The lowest BCUT2D eigenvalue weighted by molar-refractivity contribution is 0.00578. The summed E-state index contributed by atoms with van der Waals surface area (Å²) in [6.07, 6.45) is 5.91. The van der Waals surface area contributed by atoms with Crippen LogP contribution >= 0.6 is 0 Å². The SMILES string of the molecule is C[C@@H](Oc1cc(B2OC(C)(C)C(C)(C)O2)cn2ncc(C#N)c12)C1CC1. The Labute approximate surface area is 154 Å². The van der Waals surface area contributed by atoms with Crippen LogP contribution in [0.5, 0.6) is 5.75 Å². The molecular formula is C19H24BN3O3. The van der Waals surface area contributed by atoms with Crippen molar-refractivity contribution in [3.8, 4) is 11.8 Å². The Hall–Kier alpha value is -2.04. The van der Waals surface area contributed by atoms with Gasteiger partial charge in [-0.05, 0) is 59.4 Å². The minimum absolute atomic E-state index is 0.105. The average Bonchev–Trinajstić information content (AvgIpc) is 3.28. The van der Waals surface area contributed by atoms with Crippen LogP contribution in [0.15, 0.2) is 18.5 Å². The fraction of sp³-hybridized carbons (Fsp3) is 0.579. The zero-order chi connectivity index (χ0) is 18.7. The predicted octanol–water partition coefficient (Wildman–Crippen LogP) is 2.68. The molecule has 6 nitrogen and oxygen atoms in total. The zero-order valence-electron chi connectivity index (χ0n) is 15.9. The van der Waals surface area contributed by atoms with Gasteiger partial charge in [-0.2, -0.15) is 10.4 Å². The van der Waals surface area contributed by atoms with E-state index in [2.05, 4.69) is 18.1 Å². The smallest absolute Gasteiger partial charge is 0.488 e. The topological polar surface area (TPSA) is 68.8 Å². The maximum absolute atomic E-state index is 9.41. The molecule has 0 amide bonds. The van der Waals surface area contributed by atoms with E-state index in [1.807, 2.05) is 40.0 Å². The number of nitrogens with zero attached hydrogens (tertiary/aromatic N) is 3. The monoisotopic (exact) mass is 353 g/mol. The van der Waals surface area contributed by atoms with Crippen LogP contribution in [0.3, 0.4) is 0 Å². The van der Waals surface area contributed by atoms with Gasteiger partial charge in [0, 0.05) is 11.7 Å². The molecule has 1 aliphatic heterocycles. The highest BCUT2D eigenvalue weighted by molar-refractivity contribution is 6.62. The molecule has 0 radical (unpaired) electrons. The van der Waals surface area contributed by atoms with Crippen LogP contribution in [0.4, 0.5) is 0 Å². The lowest BCUT2D eigenvalue weighted by Gasteiger charge is -2.32. The summed E-state index contributed by atoms with van der Waals surface area (Å²) in [7, 11) is -0.502. The molecule has 0 unspecified atom stereocenters. The number of nitriles is 1. The third-order valence-electron chi connectivity index (χ3n) is 5.84. The predicted molar refractivity (Wildman–Crippen MR) is 98.4 cm³/mol. The van der Waals surface area contributed by atoms with Gasteiger partial charge in [-0.3, -0.25) is 0 Å². The van der Waals surface area contributed by atoms with Crippen molar-refractivity contribution in [2.24, 2.45) is 5.92 Å². The molecular weight excluding hydrogens is 329 g/mol. The minimum Gasteiger partial charge on any atom is -0.488 e. The summed E-state index contributed by atoms with van der Waals surface area (Å²) in [5, 5.41) is 13.7. The van der Waals surface area contributed by atoms with Gasteiger partial charge in [-0.25, -0.2) is 4.52 Å². The summed E-state index contributed by atoms with van der Waals surface area (Å²) in [4.78, 5) is 0. The van der Waals surface area contributed by atoms with E-state index < -0.39 is 18.3 Å². The van der Waals surface area contributed by atoms with Crippen LogP contribution in [-0.4, -0.2) is 34.0 Å². The van der Waals surface area contributed by atoms with E-state index in [4.69, 9.17) is 14.0 Å². The van der Waals surface area contributed by atoms with Crippen LogP contribution in [0, 0.1) is 17.2 Å². The normalized spacial score (nSPS) is 22.4. The van der Waals surface area contributed by atoms with Gasteiger partial charge in [0.15, 0.2) is 0 Å². The number of hydrogen-bond acceptors (Lipinski definition) is 5. The Kier molecular flexibility index (Phi) is 3.83. The molecule has 2 fully saturated rings. The number of aromatic nitrogens is 2. The Bertz CT molecular complexity index is 879. The van der Waals surface area contributed by atoms with Crippen molar-refractivity contribution in [2.45, 2.75) is 64.8 Å². The Morgan fingerprint density at radius 2 is 1.96 bits per heavy atom. The first kappa shape index (κ1) is 17.4. The summed E-state index contributed by atoms with van der Waals surface area (Å²) in [6.45, 7) is 10.2. The lowest BCUT2D eigenvalue weighted by atomic mass is 9.80. The molecule has 2 aromatic rings. The van der Waals surface area contributed by atoms with Gasteiger partial charge in [0.25, 0.3) is 0 Å². The molecule has 1 aliphatic carbocycles. The highest BCUT2D eigenvalue weighted by Crippen LogP contribution is 2.38. The maximum atomic E-state index is 9.41. The molecule has 2 aromatic heterocycles. The van der Waals surface area contributed by atoms with E-state index in [-0.39, 0.29) is 6.10 Å². The van der Waals surface area contributed by atoms with Gasteiger partial charge in [0.05, 0.1) is 23.5 Å². The second-order valence-corrected chi connectivity index (χ2v) is 8.35. The molecule has 0 spiro atoms. The van der Waals surface area contributed by atoms with Crippen molar-refractivity contribution in [1.82, 2.24) is 9.61 Å². The fourth-order valence-electron chi connectivity index (χ4n) is 3.25. The molecule has 0 bridgehead atoms. The zero-order valence-corrected chi connectivity index (χ0v) is 15.9. The van der Waals surface area contributed by atoms with Crippen molar-refractivity contribution >= 4 is 18.1 Å².